The summed E-state index contributed by atoms with van der Waals surface area (Å²) in [4.78, 5) is 100.0. The molecule has 1 aromatic rings. The minimum absolute atomic E-state index is 0.409. The molecule has 5 atom stereocenters. The number of aromatic nitrogens is 2. The first kappa shape index (κ1) is 32.7. The van der Waals surface area contributed by atoms with E-state index in [1.165, 1.54) is 7.05 Å². The average molecular weight is 585 g/mol. The van der Waals surface area contributed by atoms with Crippen LogP contribution in [0.25, 0.3) is 0 Å². The van der Waals surface area contributed by atoms with Gasteiger partial charge in [-0.05, 0) is 0 Å². The molecular formula is C24H32N4O13. The zero-order valence-corrected chi connectivity index (χ0v) is 23.7. The standard InChI is InChI=1S/C24H32N4O13/c1-10(29)25-21-17(22(35)27(8)24(36)26(21)7)28(11(2)30)23-20(40-15(6)34)19(39-14(5)33)18(38-13(4)32)16(41-23)9-37-12(3)31/h16,18-20,23H,9H2,1-8H3,(H,25,29)/t16-,18-,19+,20+,23-/m1/s1. The number of carbonyl (C=O) groups is 6. The quantitative estimate of drug-likeness (QED) is 0.272. The third kappa shape index (κ3) is 7.56. The monoisotopic (exact) mass is 584 g/mol. The molecule has 0 radical (unpaired) electrons. The number of nitrogens with one attached hydrogen (secondary N) is 1. The molecule has 17 nitrogen and oxygen atoms in total. The van der Waals surface area contributed by atoms with Gasteiger partial charge < -0.3 is 29.0 Å². The Morgan fingerprint density at radius 2 is 1.29 bits per heavy atom. The maximum absolute atomic E-state index is 13.4. The van der Waals surface area contributed by atoms with Crippen molar-refractivity contribution in [2.75, 3.05) is 16.8 Å². The number of amides is 2. The first-order valence-corrected chi connectivity index (χ1v) is 12.2. The number of esters is 4. The third-order valence-electron chi connectivity index (χ3n) is 5.74. The lowest BCUT2D eigenvalue weighted by molar-refractivity contribution is -0.251. The topological polar surface area (TPSA) is 208 Å². The van der Waals surface area contributed by atoms with Crippen molar-refractivity contribution in [2.24, 2.45) is 14.1 Å². The third-order valence-corrected chi connectivity index (χ3v) is 5.74. The van der Waals surface area contributed by atoms with E-state index < -0.39 is 95.7 Å². The SMILES string of the molecule is CC(=O)Nc1c(N(C(C)=O)[C@@H]2O[C@H](COC(C)=O)[C@@H](OC(C)=O)[C@H](OC(C)=O)[C@@H]2OC(C)=O)c(=O)n(C)c(=O)n1C. The maximum atomic E-state index is 13.4. The van der Waals surface area contributed by atoms with E-state index in [0.29, 0.717) is 9.47 Å². The van der Waals surface area contributed by atoms with Crippen molar-refractivity contribution in [3.05, 3.63) is 20.8 Å². The lowest BCUT2D eigenvalue weighted by Crippen LogP contribution is -2.67. The molecule has 41 heavy (non-hydrogen) atoms. The minimum Gasteiger partial charge on any atom is -0.463 e. The fourth-order valence-corrected chi connectivity index (χ4v) is 4.23. The van der Waals surface area contributed by atoms with E-state index in [9.17, 15) is 38.4 Å². The summed E-state index contributed by atoms with van der Waals surface area (Å²) < 4.78 is 28.7. The fourth-order valence-electron chi connectivity index (χ4n) is 4.23. The van der Waals surface area contributed by atoms with Crippen LogP contribution in [0, 0.1) is 0 Å². The van der Waals surface area contributed by atoms with E-state index in [2.05, 4.69) is 5.32 Å². The predicted octanol–water partition coefficient (Wildman–Crippen LogP) is -1.52. The van der Waals surface area contributed by atoms with Gasteiger partial charge in [0.05, 0.1) is 0 Å². The van der Waals surface area contributed by atoms with Crippen molar-refractivity contribution in [2.45, 2.75) is 72.2 Å². The molecule has 1 N–H and O–H groups in total. The van der Waals surface area contributed by atoms with Crippen LogP contribution in [0.4, 0.5) is 11.5 Å². The molecule has 17 heteroatoms. The number of hydrogen-bond acceptors (Lipinski definition) is 13. The highest BCUT2D eigenvalue weighted by Gasteiger charge is 2.55. The molecule has 0 saturated carbocycles. The first-order valence-electron chi connectivity index (χ1n) is 12.2. The smallest absolute Gasteiger partial charge is 0.332 e. The Hall–Kier alpha value is -4.54. The molecule has 1 saturated heterocycles. The molecule has 1 aliphatic rings. The van der Waals surface area contributed by atoms with Crippen molar-refractivity contribution >= 4 is 47.2 Å². The van der Waals surface area contributed by atoms with E-state index >= 15 is 0 Å². The Bertz CT molecular complexity index is 1360. The Morgan fingerprint density at radius 3 is 1.76 bits per heavy atom. The summed E-state index contributed by atoms with van der Waals surface area (Å²) in [6.07, 6.45) is -8.17. The highest BCUT2D eigenvalue weighted by molar-refractivity contribution is 5.98. The van der Waals surface area contributed by atoms with Gasteiger partial charge >= 0.3 is 29.6 Å². The van der Waals surface area contributed by atoms with E-state index in [-0.39, 0.29) is 0 Å². The van der Waals surface area contributed by atoms with E-state index in [1.807, 2.05) is 0 Å². The van der Waals surface area contributed by atoms with Crippen LogP contribution in [0.1, 0.15) is 41.5 Å². The summed E-state index contributed by atoms with van der Waals surface area (Å²) >= 11 is 0. The molecule has 1 aromatic heterocycles. The number of ether oxygens (including phenoxy) is 5. The molecule has 1 fully saturated rings. The molecule has 0 bridgehead atoms. The summed E-state index contributed by atoms with van der Waals surface area (Å²) in [5.41, 5.74) is -2.48. The zero-order chi connectivity index (χ0) is 31.3. The lowest BCUT2D eigenvalue weighted by atomic mass is 9.96. The van der Waals surface area contributed by atoms with Gasteiger partial charge in [0.25, 0.3) is 5.56 Å². The Labute approximate surface area is 233 Å². The first-order chi connectivity index (χ1) is 19.0. The van der Waals surface area contributed by atoms with Crippen molar-refractivity contribution in [1.29, 1.82) is 0 Å². The number of carbonyl (C=O) groups excluding carboxylic acids is 6. The normalized spacial score (nSPS) is 21.7. The van der Waals surface area contributed by atoms with Crippen LogP contribution in [-0.4, -0.2) is 82.1 Å². The Balaban J connectivity index is 2.94. The minimum atomic E-state index is -1.81. The fraction of sp³-hybridized carbons (Fsp3) is 0.583. The average Bonchev–Trinajstić information content (AvgIpc) is 2.84. The number of anilines is 2. The van der Waals surface area contributed by atoms with Gasteiger partial charge in [0.15, 0.2) is 30.2 Å². The van der Waals surface area contributed by atoms with Gasteiger partial charge in [-0.3, -0.25) is 47.6 Å². The summed E-state index contributed by atoms with van der Waals surface area (Å²) in [6, 6.07) is 0. The number of nitrogens with zero attached hydrogens (tertiary/aromatic N) is 3. The maximum Gasteiger partial charge on any atom is 0.332 e. The van der Waals surface area contributed by atoms with E-state index in [4.69, 9.17) is 23.7 Å². The van der Waals surface area contributed by atoms with Crippen LogP contribution in [0.2, 0.25) is 0 Å². The molecule has 2 rings (SSSR count). The number of hydrogen-bond donors (Lipinski definition) is 1. The zero-order valence-electron chi connectivity index (χ0n) is 23.7. The predicted molar refractivity (Wildman–Crippen MR) is 136 cm³/mol. The molecule has 1 aliphatic heterocycles. The second-order valence-electron chi connectivity index (χ2n) is 9.06. The van der Waals surface area contributed by atoms with Gasteiger partial charge in [0, 0.05) is 55.6 Å². The van der Waals surface area contributed by atoms with Gasteiger partial charge in [-0.1, -0.05) is 0 Å². The molecule has 226 valence electrons. The van der Waals surface area contributed by atoms with Gasteiger partial charge in [-0.15, -0.1) is 0 Å². The summed E-state index contributed by atoms with van der Waals surface area (Å²) in [6.45, 7) is 5.65. The van der Waals surface area contributed by atoms with Gasteiger partial charge in [-0.2, -0.15) is 0 Å². The van der Waals surface area contributed by atoms with Crippen molar-refractivity contribution < 1.29 is 52.5 Å². The van der Waals surface area contributed by atoms with Crippen LogP contribution in [0.5, 0.6) is 0 Å². The lowest BCUT2D eigenvalue weighted by Gasteiger charge is -2.47. The molecule has 2 heterocycles. The van der Waals surface area contributed by atoms with Crippen LogP contribution < -0.4 is 21.5 Å². The Morgan fingerprint density at radius 1 is 0.780 bits per heavy atom. The largest absolute Gasteiger partial charge is 0.463 e. The summed E-state index contributed by atoms with van der Waals surface area (Å²) in [5.74, 6) is -5.52. The highest BCUT2D eigenvalue weighted by atomic mass is 16.7. The molecule has 0 aliphatic carbocycles. The Kier molecular flexibility index (Phi) is 10.5. The molecule has 0 aromatic carbocycles. The van der Waals surface area contributed by atoms with Gasteiger partial charge in [0.1, 0.15) is 18.5 Å². The van der Waals surface area contributed by atoms with Gasteiger partial charge in [0.2, 0.25) is 11.8 Å². The molecule has 0 spiro atoms. The molecular weight excluding hydrogens is 552 g/mol. The van der Waals surface area contributed by atoms with Crippen LogP contribution in [0.15, 0.2) is 9.59 Å². The van der Waals surface area contributed by atoms with Crippen LogP contribution >= 0.6 is 0 Å². The van der Waals surface area contributed by atoms with E-state index in [1.54, 1.807) is 0 Å². The van der Waals surface area contributed by atoms with Crippen LogP contribution in [0.3, 0.4) is 0 Å². The van der Waals surface area contributed by atoms with Gasteiger partial charge in [-0.25, -0.2) is 4.79 Å². The van der Waals surface area contributed by atoms with Crippen LogP contribution in [-0.2, 0) is 66.5 Å². The molecule has 2 amide bonds. The van der Waals surface area contributed by atoms with Crippen molar-refractivity contribution in [3.63, 3.8) is 0 Å². The van der Waals surface area contributed by atoms with E-state index in [0.717, 1.165) is 53.2 Å². The second-order valence-corrected chi connectivity index (χ2v) is 9.06. The second kappa shape index (κ2) is 13.2. The molecule has 0 unspecified atom stereocenters. The number of rotatable bonds is 8. The summed E-state index contributed by atoms with van der Waals surface area (Å²) in [7, 11) is 2.35. The highest BCUT2D eigenvalue weighted by Crippen LogP contribution is 2.34. The summed E-state index contributed by atoms with van der Waals surface area (Å²) in [5, 5.41) is 2.34. The van der Waals surface area contributed by atoms with Crippen molar-refractivity contribution in [1.82, 2.24) is 9.13 Å². The van der Waals surface area contributed by atoms with Crippen molar-refractivity contribution in [3.8, 4) is 0 Å².